The van der Waals surface area contributed by atoms with Crippen molar-refractivity contribution < 1.29 is 19.4 Å². The van der Waals surface area contributed by atoms with Gasteiger partial charge in [-0.2, -0.15) is 0 Å². The molecule has 0 aliphatic heterocycles. The highest BCUT2D eigenvalue weighted by atomic mass is 16.5. The number of urea groups is 1. The molecule has 2 amide bonds. The first kappa shape index (κ1) is 17.1. The van der Waals surface area contributed by atoms with Gasteiger partial charge in [-0.15, -0.1) is 0 Å². The van der Waals surface area contributed by atoms with E-state index in [2.05, 4.69) is 10.6 Å². The molecular weight excluding hydrogens is 320 g/mol. The first-order valence-corrected chi connectivity index (χ1v) is 8.25. The molecule has 2 atom stereocenters. The minimum atomic E-state index is -0.604. The quantitative estimate of drug-likeness (QED) is 0.702. The summed E-state index contributed by atoms with van der Waals surface area (Å²) in [7, 11) is 1.58. The average molecular weight is 342 g/mol. The van der Waals surface area contributed by atoms with E-state index in [1.165, 1.54) is 0 Å². The van der Waals surface area contributed by atoms with E-state index >= 15 is 0 Å². The topological polar surface area (TPSA) is 79.8 Å². The third-order valence-electron chi connectivity index (χ3n) is 4.20. The highest BCUT2D eigenvalue weighted by molar-refractivity contribution is 5.74. The summed E-state index contributed by atoms with van der Waals surface area (Å²) >= 11 is 0. The third-order valence-corrected chi connectivity index (χ3v) is 4.20. The fourth-order valence-electron chi connectivity index (χ4n) is 3.00. The van der Waals surface area contributed by atoms with E-state index in [9.17, 15) is 9.90 Å². The molecule has 0 saturated carbocycles. The lowest BCUT2D eigenvalue weighted by molar-refractivity contribution is 0.142. The molecule has 0 spiro atoms. The number of ether oxygens (including phenoxy) is 2. The maximum Gasteiger partial charge on any atom is 0.315 e. The highest BCUT2D eigenvalue weighted by Crippen LogP contribution is 2.31. The van der Waals surface area contributed by atoms with Crippen LogP contribution in [0.1, 0.15) is 17.2 Å². The number of rotatable bonds is 6. The van der Waals surface area contributed by atoms with Crippen LogP contribution in [0.15, 0.2) is 48.5 Å². The molecule has 0 heterocycles. The van der Waals surface area contributed by atoms with Crippen molar-refractivity contribution in [1.29, 1.82) is 0 Å². The van der Waals surface area contributed by atoms with Crippen LogP contribution in [-0.4, -0.2) is 37.5 Å². The minimum absolute atomic E-state index is 0.317. The number of carbonyl (C=O) groups excluding carboxylic acids is 1. The van der Waals surface area contributed by atoms with Crippen LogP contribution < -0.4 is 20.1 Å². The zero-order valence-electron chi connectivity index (χ0n) is 14.1. The number of amides is 2. The lowest BCUT2D eigenvalue weighted by atomic mass is 10.1. The Morgan fingerprint density at radius 2 is 1.88 bits per heavy atom. The fraction of sp³-hybridized carbons (Fsp3) is 0.316. The molecule has 0 fully saturated rings. The van der Waals surface area contributed by atoms with Gasteiger partial charge in [-0.25, -0.2) is 4.79 Å². The van der Waals surface area contributed by atoms with Gasteiger partial charge in [0.05, 0.1) is 25.8 Å². The van der Waals surface area contributed by atoms with Crippen LogP contribution in [0.5, 0.6) is 11.5 Å². The summed E-state index contributed by atoms with van der Waals surface area (Å²) in [4.78, 5) is 12.1. The molecular formula is C19H22N2O4. The Bertz CT molecular complexity index is 735. The van der Waals surface area contributed by atoms with E-state index in [1.807, 2.05) is 48.5 Å². The molecule has 0 aromatic heterocycles. The van der Waals surface area contributed by atoms with Crippen LogP contribution in [-0.2, 0) is 6.42 Å². The van der Waals surface area contributed by atoms with Gasteiger partial charge in [0, 0.05) is 6.42 Å². The number of hydrogen-bond donors (Lipinski definition) is 3. The van der Waals surface area contributed by atoms with Gasteiger partial charge in [0.2, 0.25) is 0 Å². The summed E-state index contributed by atoms with van der Waals surface area (Å²) in [6.07, 6.45) is -0.0501. The fourth-order valence-corrected chi connectivity index (χ4v) is 3.00. The number of methoxy groups -OCH3 is 1. The normalized spacial score (nSPS) is 18.3. The highest BCUT2D eigenvalue weighted by Gasteiger charge is 2.31. The van der Waals surface area contributed by atoms with Crippen molar-refractivity contribution in [2.45, 2.75) is 18.6 Å². The monoisotopic (exact) mass is 342 g/mol. The van der Waals surface area contributed by atoms with Gasteiger partial charge < -0.3 is 25.2 Å². The smallest absolute Gasteiger partial charge is 0.315 e. The van der Waals surface area contributed by atoms with E-state index in [-0.39, 0.29) is 12.1 Å². The SMILES string of the molecule is COc1ccccc1OCCNC(=O)N[C@H]1c2ccccc2C[C@H]1O. The first-order chi connectivity index (χ1) is 12.2. The van der Waals surface area contributed by atoms with Crippen molar-refractivity contribution in [3.63, 3.8) is 0 Å². The van der Waals surface area contributed by atoms with Crippen LogP contribution in [0, 0.1) is 0 Å². The van der Waals surface area contributed by atoms with Crippen molar-refractivity contribution >= 4 is 6.03 Å². The number of nitrogens with one attached hydrogen (secondary N) is 2. The Hall–Kier alpha value is -2.73. The molecule has 1 aliphatic carbocycles. The van der Waals surface area contributed by atoms with Crippen molar-refractivity contribution in [3.05, 3.63) is 59.7 Å². The molecule has 3 rings (SSSR count). The van der Waals surface area contributed by atoms with Crippen LogP contribution in [0.3, 0.4) is 0 Å². The Labute approximate surface area is 146 Å². The van der Waals surface area contributed by atoms with E-state index in [1.54, 1.807) is 7.11 Å². The van der Waals surface area contributed by atoms with Gasteiger partial charge in [0.1, 0.15) is 6.61 Å². The maximum absolute atomic E-state index is 12.1. The standard InChI is InChI=1S/C19H22N2O4/c1-24-16-8-4-5-9-17(16)25-11-10-20-19(23)21-18-14-7-3-2-6-13(14)12-15(18)22/h2-9,15,18,22H,10-12H2,1H3,(H2,20,21,23)/t15-,18+/m1/s1. The average Bonchev–Trinajstić information content (AvgIpc) is 2.94. The van der Waals surface area contributed by atoms with E-state index in [4.69, 9.17) is 9.47 Å². The van der Waals surface area contributed by atoms with Gasteiger partial charge >= 0.3 is 6.03 Å². The molecule has 2 aromatic carbocycles. The predicted octanol–water partition coefficient (Wildman–Crippen LogP) is 2.03. The molecule has 2 aromatic rings. The van der Waals surface area contributed by atoms with Crippen molar-refractivity contribution in [1.82, 2.24) is 10.6 Å². The van der Waals surface area contributed by atoms with E-state index < -0.39 is 6.10 Å². The second-order valence-corrected chi connectivity index (χ2v) is 5.85. The second kappa shape index (κ2) is 7.90. The summed E-state index contributed by atoms with van der Waals surface area (Å²) in [5, 5.41) is 15.7. The molecule has 25 heavy (non-hydrogen) atoms. The van der Waals surface area contributed by atoms with Crippen LogP contribution in [0.4, 0.5) is 4.79 Å². The van der Waals surface area contributed by atoms with Crippen LogP contribution in [0.2, 0.25) is 0 Å². The first-order valence-electron chi connectivity index (χ1n) is 8.25. The largest absolute Gasteiger partial charge is 0.493 e. The number of fused-ring (bicyclic) bond motifs is 1. The second-order valence-electron chi connectivity index (χ2n) is 5.85. The van der Waals surface area contributed by atoms with Crippen LogP contribution in [0.25, 0.3) is 0 Å². The molecule has 1 aliphatic rings. The predicted molar refractivity (Wildman–Crippen MR) is 93.9 cm³/mol. The molecule has 6 nitrogen and oxygen atoms in total. The Kier molecular flexibility index (Phi) is 5.40. The molecule has 3 N–H and O–H groups in total. The summed E-state index contributed by atoms with van der Waals surface area (Å²) in [6.45, 7) is 0.659. The molecule has 6 heteroatoms. The molecule has 0 saturated heterocycles. The number of para-hydroxylation sites is 2. The van der Waals surface area contributed by atoms with E-state index in [0.717, 1.165) is 11.1 Å². The molecule has 0 bridgehead atoms. The maximum atomic E-state index is 12.1. The van der Waals surface area contributed by atoms with Gasteiger partial charge in [0.25, 0.3) is 0 Å². The van der Waals surface area contributed by atoms with E-state index in [0.29, 0.717) is 31.1 Å². The van der Waals surface area contributed by atoms with Crippen molar-refractivity contribution in [3.8, 4) is 11.5 Å². The summed E-state index contributed by atoms with van der Waals surface area (Å²) < 4.78 is 10.8. The number of benzene rings is 2. The molecule has 0 unspecified atom stereocenters. The molecule has 132 valence electrons. The van der Waals surface area contributed by atoms with Gasteiger partial charge in [-0.05, 0) is 23.3 Å². The number of aliphatic hydroxyl groups excluding tert-OH is 1. The van der Waals surface area contributed by atoms with Gasteiger partial charge in [-0.1, -0.05) is 36.4 Å². The summed E-state index contributed by atoms with van der Waals surface area (Å²) in [5.41, 5.74) is 2.04. The zero-order valence-corrected chi connectivity index (χ0v) is 14.1. The number of hydrogen-bond acceptors (Lipinski definition) is 4. The summed E-state index contributed by atoms with van der Waals surface area (Å²) in [5.74, 6) is 1.28. The third kappa shape index (κ3) is 4.03. The Balaban J connectivity index is 1.46. The van der Waals surface area contributed by atoms with Crippen LogP contribution >= 0.6 is 0 Å². The number of aliphatic hydroxyl groups is 1. The van der Waals surface area contributed by atoms with Crippen molar-refractivity contribution in [2.24, 2.45) is 0 Å². The lowest BCUT2D eigenvalue weighted by Gasteiger charge is -2.18. The van der Waals surface area contributed by atoms with Gasteiger partial charge in [0.15, 0.2) is 11.5 Å². The lowest BCUT2D eigenvalue weighted by Crippen LogP contribution is -2.42. The van der Waals surface area contributed by atoms with Crippen molar-refractivity contribution in [2.75, 3.05) is 20.3 Å². The summed E-state index contributed by atoms with van der Waals surface area (Å²) in [6, 6.07) is 14.4. The van der Waals surface area contributed by atoms with Gasteiger partial charge in [-0.3, -0.25) is 0 Å². The Morgan fingerprint density at radius 1 is 1.16 bits per heavy atom. The minimum Gasteiger partial charge on any atom is -0.493 e. The zero-order chi connectivity index (χ0) is 17.6. The molecule has 0 radical (unpaired) electrons. The Morgan fingerprint density at radius 3 is 2.68 bits per heavy atom. The number of carbonyl (C=O) groups is 1.